The molecule has 2 amide bonds. The van der Waals surface area contributed by atoms with Crippen LogP contribution in [-0.4, -0.2) is 18.8 Å². The number of urea groups is 1. The van der Waals surface area contributed by atoms with Gasteiger partial charge in [-0.2, -0.15) is 18.4 Å². The molecule has 0 aliphatic rings. The van der Waals surface area contributed by atoms with E-state index in [0.29, 0.717) is 11.1 Å². The molecule has 0 fully saturated rings. The summed E-state index contributed by atoms with van der Waals surface area (Å²) in [7, 11) is 0. The van der Waals surface area contributed by atoms with Crippen molar-refractivity contribution in [3.8, 4) is 6.07 Å². The molecule has 0 atom stereocenters. The Kier molecular flexibility index (Phi) is 4.54. The van der Waals surface area contributed by atoms with Gasteiger partial charge < -0.3 is 10.6 Å². The predicted molar refractivity (Wildman–Crippen MR) is 57.5 cm³/mol. The predicted octanol–water partition coefficient (Wildman–Crippen LogP) is 1.92. The largest absolute Gasteiger partial charge is 0.405 e. The lowest BCUT2D eigenvalue weighted by Crippen LogP contribution is -2.40. The highest BCUT2D eigenvalue weighted by molar-refractivity contribution is 5.73. The zero-order valence-corrected chi connectivity index (χ0v) is 9.21. The first-order valence-electron chi connectivity index (χ1n) is 4.98. The zero-order chi connectivity index (χ0) is 13.6. The number of hydrogen-bond donors (Lipinski definition) is 2. The van der Waals surface area contributed by atoms with Gasteiger partial charge in [0.25, 0.3) is 0 Å². The average molecular weight is 257 g/mol. The summed E-state index contributed by atoms with van der Waals surface area (Å²) in [4.78, 5) is 11.0. The van der Waals surface area contributed by atoms with Crippen LogP contribution in [0.1, 0.15) is 11.1 Å². The van der Waals surface area contributed by atoms with E-state index in [9.17, 15) is 18.0 Å². The van der Waals surface area contributed by atoms with Gasteiger partial charge in [-0.15, -0.1) is 0 Å². The van der Waals surface area contributed by atoms with Gasteiger partial charge in [0.05, 0.1) is 11.6 Å². The summed E-state index contributed by atoms with van der Waals surface area (Å²) in [5.41, 5.74) is 1.06. The van der Waals surface area contributed by atoms with Crippen molar-refractivity contribution in [2.75, 3.05) is 6.54 Å². The van der Waals surface area contributed by atoms with Crippen molar-refractivity contribution >= 4 is 6.03 Å². The first-order chi connectivity index (χ1) is 8.40. The molecule has 0 radical (unpaired) electrons. The maximum atomic E-state index is 11.8. The summed E-state index contributed by atoms with van der Waals surface area (Å²) in [6, 6.07) is 7.44. The number of amides is 2. The highest BCUT2D eigenvalue weighted by Crippen LogP contribution is 2.11. The molecule has 0 unspecified atom stereocenters. The average Bonchev–Trinajstić information content (AvgIpc) is 2.33. The summed E-state index contributed by atoms with van der Waals surface area (Å²) in [5, 5.41) is 12.6. The summed E-state index contributed by atoms with van der Waals surface area (Å²) in [5.74, 6) is 0. The first-order valence-corrected chi connectivity index (χ1v) is 4.98. The molecule has 1 aromatic carbocycles. The highest BCUT2D eigenvalue weighted by Gasteiger charge is 2.27. The van der Waals surface area contributed by atoms with Crippen LogP contribution in [0.2, 0.25) is 0 Å². The molecule has 7 heteroatoms. The van der Waals surface area contributed by atoms with Gasteiger partial charge in [0.1, 0.15) is 6.54 Å². The monoisotopic (exact) mass is 257 g/mol. The molecule has 1 aromatic rings. The van der Waals surface area contributed by atoms with Gasteiger partial charge in [-0.05, 0) is 17.7 Å². The molecule has 0 spiro atoms. The minimum Gasteiger partial charge on any atom is -0.334 e. The van der Waals surface area contributed by atoms with E-state index in [2.05, 4.69) is 5.32 Å². The number of carbonyl (C=O) groups is 1. The number of rotatable bonds is 3. The van der Waals surface area contributed by atoms with Crippen LogP contribution in [0.25, 0.3) is 0 Å². The summed E-state index contributed by atoms with van der Waals surface area (Å²) >= 11 is 0. The van der Waals surface area contributed by atoms with Gasteiger partial charge in [-0.1, -0.05) is 12.1 Å². The molecule has 0 saturated carbocycles. The third-order valence-electron chi connectivity index (χ3n) is 1.96. The van der Waals surface area contributed by atoms with Crippen LogP contribution >= 0.6 is 0 Å². The van der Waals surface area contributed by atoms with Crippen molar-refractivity contribution < 1.29 is 18.0 Å². The van der Waals surface area contributed by atoms with Crippen molar-refractivity contribution in [2.24, 2.45) is 0 Å². The molecule has 0 aromatic heterocycles. The Bertz CT molecular complexity index is 465. The lowest BCUT2D eigenvalue weighted by Gasteiger charge is -2.09. The fourth-order valence-corrected chi connectivity index (χ4v) is 1.18. The standard InChI is InChI=1S/C11H10F3N3O/c12-11(13,14)7-17-10(18)16-6-9-3-1-2-8(4-9)5-15/h1-4H,6-7H2,(H2,16,17,18). The third kappa shape index (κ3) is 5.21. The number of benzene rings is 1. The second-order valence-electron chi connectivity index (χ2n) is 3.46. The molecule has 0 bridgehead atoms. The first kappa shape index (κ1) is 13.8. The smallest absolute Gasteiger partial charge is 0.334 e. The number of alkyl halides is 3. The van der Waals surface area contributed by atoms with Crippen molar-refractivity contribution in [2.45, 2.75) is 12.7 Å². The fourth-order valence-electron chi connectivity index (χ4n) is 1.18. The Morgan fingerprint density at radius 2 is 2.06 bits per heavy atom. The molecular weight excluding hydrogens is 247 g/mol. The van der Waals surface area contributed by atoms with Crippen LogP contribution in [0, 0.1) is 11.3 Å². The van der Waals surface area contributed by atoms with Crippen LogP contribution in [0.5, 0.6) is 0 Å². The molecular formula is C11H10F3N3O. The molecule has 96 valence electrons. The molecule has 1 rings (SSSR count). The number of carbonyl (C=O) groups excluding carboxylic acids is 1. The van der Waals surface area contributed by atoms with E-state index in [4.69, 9.17) is 5.26 Å². The van der Waals surface area contributed by atoms with Crippen LogP contribution < -0.4 is 10.6 Å². The van der Waals surface area contributed by atoms with Gasteiger partial charge in [0, 0.05) is 6.54 Å². The fraction of sp³-hybridized carbons (Fsp3) is 0.273. The summed E-state index contributed by atoms with van der Waals surface area (Å²) in [6.07, 6.45) is -4.43. The molecule has 0 saturated heterocycles. The molecule has 18 heavy (non-hydrogen) atoms. The van der Waals surface area contributed by atoms with Crippen molar-refractivity contribution in [1.29, 1.82) is 5.26 Å². The van der Waals surface area contributed by atoms with Crippen molar-refractivity contribution in [1.82, 2.24) is 10.6 Å². The third-order valence-corrected chi connectivity index (χ3v) is 1.96. The Labute approximate surface area is 101 Å². The van der Waals surface area contributed by atoms with E-state index in [-0.39, 0.29) is 6.54 Å². The van der Waals surface area contributed by atoms with Crippen molar-refractivity contribution in [3.63, 3.8) is 0 Å². The molecule has 4 nitrogen and oxygen atoms in total. The Morgan fingerprint density at radius 3 is 2.67 bits per heavy atom. The number of nitriles is 1. The number of halogens is 3. The number of nitrogens with zero attached hydrogens (tertiary/aromatic N) is 1. The van der Waals surface area contributed by atoms with E-state index in [1.807, 2.05) is 6.07 Å². The summed E-state index contributed by atoms with van der Waals surface area (Å²) in [6.45, 7) is -1.32. The van der Waals surface area contributed by atoms with E-state index in [1.54, 1.807) is 29.6 Å². The van der Waals surface area contributed by atoms with E-state index < -0.39 is 18.8 Å². The quantitative estimate of drug-likeness (QED) is 0.868. The van der Waals surface area contributed by atoms with E-state index in [1.165, 1.54) is 0 Å². The maximum absolute atomic E-state index is 11.8. The SMILES string of the molecule is N#Cc1cccc(CNC(=O)NCC(F)(F)F)c1. The molecule has 0 aliphatic carbocycles. The van der Waals surface area contributed by atoms with Gasteiger partial charge >= 0.3 is 12.2 Å². The van der Waals surface area contributed by atoms with Crippen molar-refractivity contribution in [3.05, 3.63) is 35.4 Å². The van der Waals surface area contributed by atoms with E-state index >= 15 is 0 Å². The number of nitrogens with one attached hydrogen (secondary N) is 2. The van der Waals surface area contributed by atoms with Gasteiger partial charge in [0.2, 0.25) is 0 Å². The Hall–Kier alpha value is -2.23. The van der Waals surface area contributed by atoms with Crippen LogP contribution in [-0.2, 0) is 6.54 Å². The lowest BCUT2D eigenvalue weighted by atomic mass is 10.1. The maximum Gasteiger partial charge on any atom is 0.405 e. The number of hydrogen-bond acceptors (Lipinski definition) is 2. The van der Waals surface area contributed by atoms with Crippen LogP contribution in [0.4, 0.5) is 18.0 Å². The second kappa shape index (κ2) is 5.91. The van der Waals surface area contributed by atoms with E-state index in [0.717, 1.165) is 0 Å². The minimum absolute atomic E-state index is 0.0548. The van der Waals surface area contributed by atoms with Gasteiger partial charge in [-0.25, -0.2) is 4.79 Å². The van der Waals surface area contributed by atoms with Gasteiger partial charge in [-0.3, -0.25) is 0 Å². The second-order valence-corrected chi connectivity index (χ2v) is 3.46. The Morgan fingerprint density at radius 1 is 1.33 bits per heavy atom. The molecule has 2 N–H and O–H groups in total. The lowest BCUT2D eigenvalue weighted by molar-refractivity contribution is -0.122. The normalized spacial score (nSPS) is 10.6. The van der Waals surface area contributed by atoms with Crippen LogP contribution in [0.15, 0.2) is 24.3 Å². The highest BCUT2D eigenvalue weighted by atomic mass is 19.4. The minimum atomic E-state index is -4.43. The summed E-state index contributed by atoms with van der Waals surface area (Å²) < 4.78 is 35.4. The Balaban J connectivity index is 2.41. The molecule has 0 heterocycles. The zero-order valence-electron chi connectivity index (χ0n) is 9.21. The topological polar surface area (TPSA) is 64.9 Å². The van der Waals surface area contributed by atoms with Crippen LogP contribution in [0.3, 0.4) is 0 Å². The van der Waals surface area contributed by atoms with Gasteiger partial charge in [0.15, 0.2) is 0 Å². The molecule has 0 aliphatic heterocycles.